The molecule has 0 nitrogen and oxygen atoms in total. The molecule has 0 bridgehead atoms. The Labute approximate surface area is 470 Å². The largest absolute Gasteiger partial charge is 0.184 e. The van der Waals surface area contributed by atoms with Crippen molar-refractivity contribution in [3.8, 4) is 33.4 Å². The molecule has 0 aliphatic carbocycles. The number of halogens is 2. The summed E-state index contributed by atoms with van der Waals surface area (Å²) in [6.45, 7) is 37.0. The van der Waals surface area contributed by atoms with Crippen LogP contribution in [0.3, 0.4) is 0 Å². The van der Waals surface area contributed by atoms with Crippen LogP contribution < -0.4 is 10.4 Å². The summed E-state index contributed by atoms with van der Waals surface area (Å²) in [5, 5.41) is 8.46. The second-order valence-corrected chi connectivity index (χ2v) is 29.0. The molecule has 0 spiro atoms. The van der Waals surface area contributed by atoms with Gasteiger partial charge in [-0.05, 0) is 80.7 Å². The average molecular weight is 1120 g/mol. The Balaban J connectivity index is 0.000000186. The summed E-state index contributed by atoms with van der Waals surface area (Å²) < 4.78 is 0. The minimum Gasteiger partial charge on any atom is -0.184 e. The van der Waals surface area contributed by atoms with Crippen LogP contribution in [-0.4, -0.2) is 9.52 Å². The SMILES string of the molecule is CCCCc1cc2c(-c3cc(C(C)C)cc(C(C)C)c3)c(C(C)(C)C)ccc2[cH-]1.CCCCc1cc2c(-c3cc(C(C)C)cc(C(C)C)c3)c(C(C)(C)C)ccc2[cH-]1.[Cl][Zr][Cl].[c-]1cccc2c1[Si]c1ccccc1-2. The fourth-order valence-corrected chi connectivity index (χ4v) is 11.6. The second kappa shape index (κ2) is 26.5. The summed E-state index contributed by atoms with van der Waals surface area (Å²) in [6.07, 6.45) is 7.37. The van der Waals surface area contributed by atoms with Gasteiger partial charge in [-0.25, -0.2) is 0 Å². The number of hydrogen-bond acceptors (Lipinski definition) is 0. The third kappa shape index (κ3) is 14.8. The molecule has 0 unspecified atom stereocenters. The molecule has 0 amide bonds. The third-order valence-corrected chi connectivity index (χ3v) is 16.1. The molecular formula is C70H85Cl2SiZr-3. The van der Waals surface area contributed by atoms with E-state index >= 15 is 0 Å². The van der Waals surface area contributed by atoms with Crippen molar-refractivity contribution in [2.45, 2.75) is 184 Å². The molecule has 0 saturated heterocycles. The van der Waals surface area contributed by atoms with Crippen LogP contribution in [0.4, 0.5) is 0 Å². The van der Waals surface area contributed by atoms with E-state index in [4.69, 9.17) is 17.0 Å². The van der Waals surface area contributed by atoms with Gasteiger partial charge in [0.2, 0.25) is 0 Å². The molecule has 9 rings (SSSR count). The van der Waals surface area contributed by atoms with Gasteiger partial charge in [-0.15, -0.1) is 74.6 Å². The maximum Gasteiger partial charge on any atom is 0.0920 e. The quantitative estimate of drug-likeness (QED) is 0.0845. The molecule has 8 aromatic carbocycles. The van der Waals surface area contributed by atoms with E-state index in [2.05, 4.69) is 238 Å². The standard InChI is InChI=1S/2C29H39.C12H7Si.2ClH.Zr/c2*1-9-10-11-21-14-22-12-13-27(29(6,7)8)28(26(22)15-21)25-17-23(19(2)3)16-24(18-25)20(4)5;1-3-7-11-9(5-1)10-6-2-4-8-12(10)13-11;;;/h2*12-20H,9-11H2,1-8H3;1-7H;2*1H;/q3*-1;;;+2/p-2. The topological polar surface area (TPSA) is 0 Å². The number of fused-ring (bicyclic) bond motifs is 5. The van der Waals surface area contributed by atoms with E-state index in [1.54, 1.807) is 0 Å². The van der Waals surface area contributed by atoms with Gasteiger partial charge in [0.25, 0.3) is 0 Å². The van der Waals surface area contributed by atoms with Crippen molar-refractivity contribution in [2.75, 3.05) is 0 Å². The number of hydrogen-bond donors (Lipinski definition) is 0. The first-order chi connectivity index (χ1) is 35.1. The Morgan fingerprint density at radius 3 is 1.28 bits per heavy atom. The summed E-state index contributed by atoms with van der Waals surface area (Å²) >= 11 is -0.826. The van der Waals surface area contributed by atoms with Crippen molar-refractivity contribution >= 4 is 58.5 Å². The molecule has 0 aromatic heterocycles. The van der Waals surface area contributed by atoms with Gasteiger partial charge in [-0.1, -0.05) is 230 Å². The molecule has 390 valence electrons. The van der Waals surface area contributed by atoms with E-state index in [1.807, 2.05) is 6.07 Å². The van der Waals surface area contributed by atoms with Crippen molar-refractivity contribution in [2.24, 2.45) is 0 Å². The molecular weight excluding hydrogens is 1030 g/mol. The minimum atomic E-state index is -0.826. The maximum atomic E-state index is 4.93. The first-order valence-electron chi connectivity index (χ1n) is 27.7. The van der Waals surface area contributed by atoms with Crippen LogP contribution in [0.25, 0.3) is 54.9 Å². The van der Waals surface area contributed by atoms with Crippen molar-refractivity contribution in [1.29, 1.82) is 0 Å². The van der Waals surface area contributed by atoms with Crippen molar-refractivity contribution in [3.05, 3.63) is 178 Å². The summed E-state index contributed by atoms with van der Waals surface area (Å²) in [5.74, 6) is 2.13. The second-order valence-electron chi connectivity index (χ2n) is 24.0. The van der Waals surface area contributed by atoms with Crippen molar-refractivity contribution in [3.63, 3.8) is 0 Å². The summed E-state index contributed by atoms with van der Waals surface area (Å²) in [4.78, 5) is 0. The Bertz CT molecular complexity index is 2830. The van der Waals surface area contributed by atoms with Crippen LogP contribution in [0.15, 0.2) is 127 Å². The van der Waals surface area contributed by atoms with Crippen LogP contribution in [0.5, 0.6) is 0 Å². The third-order valence-electron chi connectivity index (χ3n) is 14.7. The molecule has 2 radical (unpaired) electrons. The van der Waals surface area contributed by atoms with Gasteiger partial charge in [-0.2, -0.15) is 41.6 Å². The average Bonchev–Trinajstić information content (AvgIpc) is 4.09. The van der Waals surface area contributed by atoms with E-state index in [-0.39, 0.29) is 10.8 Å². The van der Waals surface area contributed by atoms with Crippen molar-refractivity contribution in [1.82, 2.24) is 0 Å². The monoisotopic (exact) mass is 1110 g/mol. The first kappa shape index (κ1) is 59.5. The van der Waals surface area contributed by atoms with Crippen molar-refractivity contribution < 1.29 is 20.8 Å². The number of benzene rings is 6. The summed E-state index contributed by atoms with van der Waals surface area (Å²) in [7, 11) is 10.7. The zero-order chi connectivity index (χ0) is 54.1. The Hall–Kier alpha value is -3.78. The molecule has 8 aromatic rings. The van der Waals surface area contributed by atoms with Gasteiger partial charge >= 0.3 is 37.9 Å². The summed E-state index contributed by atoms with van der Waals surface area (Å²) in [6, 6.07) is 51.9. The predicted molar refractivity (Wildman–Crippen MR) is 328 cm³/mol. The zero-order valence-electron chi connectivity index (χ0n) is 47.9. The fourth-order valence-electron chi connectivity index (χ4n) is 10.3. The molecule has 4 heteroatoms. The normalized spacial score (nSPS) is 12.1. The molecule has 0 atom stereocenters. The molecule has 0 N–H and O–H groups in total. The molecule has 1 aliphatic rings. The van der Waals surface area contributed by atoms with Gasteiger partial charge in [-0.3, -0.25) is 0 Å². The molecule has 0 fully saturated rings. The van der Waals surface area contributed by atoms with Gasteiger partial charge in [0.1, 0.15) is 0 Å². The van der Waals surface area contributed by atoms with E-state index in [0.29, 0.717) is 23.7 Å². The first-order valence-corrected chi connectivity index (χ1v) is 35.0. The number of aryl methyl sites for hydroxylation is 2. The predicted octanol–water partition coefficient (Wildman–Crippen LogP) is 20.7. The van der Waals surface area contributed by atoms with Gasteiger partial charge < -0.3 is 0 Å². The molecule has 1 heterocycles. The maximum absolute atomic E-state index is 4.93. The van der Waals surface area contributed by atoms with E-state index in [0.717, 1.165) is 9.52 Å². The number of unbranched alkanes of at least 4 members (excludes halogenated alkanes) is 2. The van der Waals surface area contributed by atoms with E-state index in [9.17, 15) is 0 Å². The minimum absolute atomic E-state index is 0.107. The summed E-state index contributed by atoms with van der Waals surface area (Å²) in [5.41, 5.74) is 20.3. The van der Waals surface area contributed by atoms with E-state index in [1.165, 1.54) is 148 Å². The Kier molecular flexibility index (Phi) is 21.3. The molecule has 74 heavy (non-hydrogen) atoms. The smallest absolute Gasteiger partial charge is 0.0920 e. The zero-order valence-corrected chi connectivity index (χ0v) is 52.9. The van der Waals surface area contributed by atoms with Crippen LogP contribution in [-0.2, 0) is 44.5 Å². The van der Waals surface area contributed by atoms with Gasteiger partial charge in [0.15, 0.2) is 0 Å². The van der Waals surface area contributed by atoms with Crippen LogP contribution in [0, 0.1) is 6.07 Å². The van der Waals surface area contributed by atoms with Gasteiger partial charge in [0, 0.05) is 0 Å². The Morgan fingerprint density at radius 1 is 0.514 bits per heavy atom. The van der Waals surface area contributed by atoms with Crippen LogP contribution in [0.1, 0.15) is 205 Å². The van der Waals surface area contributed by atoms with Gasteiger partial charge in [0.05, 0.1) is 9.52 Å². The molecule has 0 saturated carbocycles. The Morgan fingerprint density at radius 2 is 0.905 bits per heavy atom. The molecule has 1 aliphatic heterocycles. The number of rotatable bonds is 12. The van der Waals surface area contributed by atoms with Crippen LogP contribution in [0.2, 0.25) is 0 Å². The van der Waals surface area contributed by atoms with E-state index < -0.39 is 20.8 Å². The fraction of sp³-hybridized carbons (Fsp3) is 0.400. The van der Waals surface area contributed by atoms with Crippen LogP contribution >= 0.6 is 17.0 Å².